The van der Waals surface area contributed by atoms with E-state index < -0.39 is 0 Å². The molecule has 0 amide bonds. The van der Waals surface area contributed by atoms with Crippen LogP contribution in [0.5, 0.6) is 0 Å². The Morgan fingerprint density at radius 2 is 1.84 bits per heavy atom. The average molecular weight is 512 g/mol. The van der Waals surface area contributed by atoms with Gasteiger partial charge in [0.25, 0.3) is 0 Å². The molecule has 2 aromatic rings. The number of hydrogen-bond donors (Lipinski definition) is 2. The highest BCUT2D eigenvalue weighted by molar-refractivity contribution is 6.15. The Bertz CT molecular complexity index is 1250. The van der Waals surface area contributed by atoms with Gasteiger partial charge in [0.15, 0.2) is 6.17 Å². The number of nitrogen functional groups attached to an aromatic ring is 1. The summed E-state index contributed by atoms with van der Waals surface area (Å²) in [5, 5.41) is 0. The largest absolute Gasteiger partial charge is 0.383 e. The zero-order valence-electron chi connectivity index (χ0n) is 23.0. The molecule has 3 aliphatic rings. The van der Waals surface area contributed by atoms with E-state index in [0.717, 1.165) is 74.5 Å². The standard InChI is InChI=1S/C31H41N7/c1-4-7-23(8-5-2)28-15-14-27-31(36(28)3)38(30(35-27)26-9-6-18-34-29(26)33)25-12-10-22(11-13-25)21-37-19-16-24(32)17-20-37/h6-7,9-15,18,24,31H,4-5,8,16-17,19-21,32H2,1-3H3,(H2,33,34)/b23-7+. The highest BCUT2D eigenvalue weighted by atomic mass is 15.4. The Labute approximate surface area is 227 Å². The van der Waals surface area contributed by atoms with Gasteiger partial charge in [0.05, 0.1) is 11.3 Å². The highest BCUT2D eigenvalue weighted by Gasteiger charge is 2.40. The van der Waals surface area contributed by atoms with Crippen LogP contribution in [0, 0.1) is 0 Å². The topological polar surface area (TPSA) is 87.0 Å². The quantitative estimate of drug-likeness (QED) is 0.517. The first-order valence-corrected chi connectivity index (χ1v) is 14.0. The fourth-order valence-electron chi connectivity index (χ4n) is 5.77. The predicted molar refractivity (Wildman–Crippen MR) is 158 cm³/mol. The van der Waals surface area contributed by atoms with Crippen LogP contribution < -0.4 is 16.4 Å². The Hall–Kier alpha value is -3.42. The molecule has 0 saturated carbocycles. The third-order valence-electron chi connectivity index (χ3n) is 7.76. The highest BCUT2D eigenvalue weighted by Crippen LogP contribution is 2.38. The van der Waals surface area contributed by atoms with Crippen molar-refractivity contribution in [3.63, 3.8) is 0 Å². The number of fused-ring (bicyclic) bond motifs is 1. The molecule has 1 fully saturated rings. The number of piperidine rings is 1. The Kier molecular flexibility index (Phi) is 7.95. The average Bonchev–Trinajstić information content (AvgIpc) is 3.31. The summed E-state index contributed by atoms with van der Waals surface area (Å²) < 4.78 is 0. The van der Waals surface area contributed by atoms with E-state index in [4.69, 9.17) is 16.5 Å². The van der Waals surface area contributed by atoms with Crippen LogP contribution in [0.15, 0.2) is 82.8 Å². The molecule has 0 spiro atoms. The van der Waals surface area contributed by atoms with Crippen LogP contribution in [0.1, 0.15) is 57.1 Å². The summed E-state index contributed by atoms with van der Waals surface area (Å²) in [4.78, 5) is 16.7. The molecule has 1 aromatic heterocycles. The summed E-state index contributed by atoms with van der Waals surface area (Å²) in [6, 6.07) is 13.2. The minimum absolute atomic E-state index is 0.0591. The first kappa shape index (κ1) is 26.2. The second-order valence-corrected chi connectivity index (χ2v) is 10.5. The van der Waals surface area contributed by atoms with Crippen molar-refractivity contribution in [2.45, 2.75) is 64.7 Å². The van der Waals surface area contributed by atoms with Crippen LogP contribution in [0.4, 0.5) is 11.5 Å². The van der Waals surface area contributed by atoms with Gasteiger partial charge < -0.3 is 16.4 Å². The first-order valence-electron chi connectivity index (χ1n) is 14.0. The van der Waals surface area contributed by atoms with Gasteiger partial charge in [0.1, 0.15) is 11.7 Å². The predicted octanol–water partition coefficient (Wildman–Crippen LogP) is 5.03. The number of amidine groups is 1. The van der Waals surface area contributed by atoms with Crippen LogP contribution in [0.25, 0.3) is 0 Å². The maximum absolute atomic E-state index is 6.37. The minimum Gasteiger partial charge on any atom is -0.383 e. The summed E-state index contributed by atoms with van der Waals surface area (Å²) in [5.41, 5.74) is 19.4. The molecule has 0 aliphatic carbocycles. The van der Waals surface area contributed by atoms with Crippen LogP contribution in [0.3, 0.4) is 0 Å². The number of likely N-dealkylation sites (tertiary alicyclic amines) is 1. The van der Waals surface area contributed by atoms with Gasteiger partial charge in [0, 0.05) is 37.2 Å². The van der Waals surface area contributed by atoms with Gasteiger partial charge in [-0.2, -0.15) is 0 Å². The molecule has 0 radical (unpaired) electrons. The molecule has 1 atom stereocenters. The van der Waals surface area contributed by atoms with Crippen molar-refractivity contribution in [3.8, 4) is 0 Å². The van der Waals surface area contributed by atoms with Crippen molar-refractivity contribution in [1.29, 1.82) is 0 Å². The lowest BCUT2D eigenvalue weighted by Gasteiger charge is -2.39. The molecular weight excluding hydrogens is 470 g/mol. The summed E-state index contributed by atoms with van der Waals surface area (Å²) in [6.07, 6.45) is 13.7. The third-order valence-corrected chi connectivity index (χ3v) is 7.76. The zero-order chi connectivity index (χ0) is 26.6. The van der Waals surface area contributed by atoms with Crippen LogP contribution in [-0.4, -0.2) is 53.0 Å². The number of benzene rings is 1. The number of hydrogen-bond acceptors (Lipinski definition) is 7. The second kappa shape index (κ2) is 11.5. The minimum atomic E-state index is -0.0591. The lowest BCUT2D eigenvalue weighted by molar-refractivity contribution is 0.205. The number of nitrogens with two attached hydrogens (primary N) is 2. The smallest absolute Gasteiger partial charge is 0.151 e. The monoisotopic (exact) mass is 511 g/mol. The number of likely N-dealkylation sites (N-methyl/N-ethyl adjacent to an activating group) is 1. The summed E-state index contributed by atoms with van der Waals surface area (Å²) >= 11 is 0. The molecule has 1 saturated heterocycles. The van der Waals surface area contributed by atoms with Crippen molar-refractivity contribution in [2.75, 3.05) is 30.8 Å². The number of allylic oxidation sites excluding steroid dienone is 4. The van der Waals surface area contributed by atoms with Crippen molar-refractivity contribution in [3.05, 3.63) is 88.9 Å². The van der Waals surface area contributed by atoms with E-state index in [0.29, 0.717) is 11.9 Å². The molecule has 4 heterocycles. The Balaban J connectivity index is 1.49. The summed E-state index contributed by atoms with van der Waals surface area (Å²) in [6.45, 7) is 7.52. The third kappa shape index (κ3) is 5.26. The number of aliphatic imine (C=N–C) groups is 1. The number of anilines is 2. The molecule has 5 rings (SSSR count). The van der Waals surface area contributed by atoms with Gasteiger partial charge >= 0.3 is 0 Å². The van der Waals surface area contributed by atoms with Gasteiger partial charge in [-0.1, -0.05) is 38.5 Å². The van der Waals surface area contributed by atoms with E-state index >= 15 is 0 Å². The van der Waals surface area contributed by atoms with Crippen molar-refractivity contribution in [2.24, 2.45) is 10.7 Å². The fourth-order valence-corrected chi connectivity index (χ4v) is 5.77. The molecule has 7 nitrogen and oxygen atoms in total. The van der Waals surface area contributed by atoms with E-state index in [2.05, 4.69) is 83.1 Å². The number of aromatic nitrogens is 1. The molecule has 38 heavy (non-hydrogen) atoms. The van der Waals surface area contributed by atoms with Crippen LogP contribution >= 0.6 is 0 Å². The number of rotatable bonds is 8. The number of nitrogens with zero attached hydrogens (tertiary/aromatic N) is 5. The number of pyridine rings is 1. The first-order chi connectivity index (χ1) is 18.5. The van der Waals surface area contributed by atoms with Crippen molar-refractivity contribution < 1.29 is 0 Å². The van der Waals surface area contributed by atoms with E-state index in [-0.39, 0.29) is 6.17 Å². The van der Waals surface area contributed by atoms with Crippen LogP contribution in [-0.2, 0) is 6.54 Å². The van der Waals surface area contributed by atoms with Gasteiger partial charge in [-0.05, 0) is 86.3 Å². The van der Waals surface area contributed by atoms with Gasteiger partial charge in [-0.15, -0.1) is 0 Å². The van der Waals surface area contributed by atoms with E-state index in [1.54, 1.807) is 6.20 Å². The molecule has 4 N–H and O–H groups in total. The SMILES string of the molecule is CC/C=C(\CCC)C1=CC=C2N=C(c3cccnc3N)N(c3ccc(CN4CCC(N)CC4)cc3)C2N1C. The second-order valence-electron chi connectivity index (χ2n) is 10.5. The molecule has 0 bridgehead atoms. The lowest BCUT2D eigenvalue weighted by Crippen LogP contribution is -2.48. The van der Waals surface area contributed by atoms with Gasteiger partial charge in [-0.25, -0.2) is 9.98 Å². The summed E-state index contributed by atoms with van der Waals surface area (Å²) in [5.74, 6) is 1.33. The lowest BCUT2D eigenvalue weighted by atomic mass is 10.0. The molecule has 1 aromatic carbocycles. The molecule has 7 heteroatoms. The Morgan fingerprint density at radius 3 is 2.53 bits per heavy atom. The molecule has 1 unspecified atom stereocenters. The van der Waals surface area contributed by atoms with Crippen LogP contribution in [0.2, 0.25) is 0 Å². The normalized spacial score (nSPS) is 20.8. The maximum Gasteiger partial charge on any atom is 0.151 e. The van der Waals surface area contributed by atoms with E-state index in [1.807, 2.05) is 12.1 Å². The van der Waals surface area contributed by atoms with E-state index in [1.165, 1.54) is 16.8 Å². The maximum atomic E-state index is 6.37. The molecule has 3 aliphatic heterocycles. The zero-order valence-corrected chi connectivity index (χ0v) is 23.0. The van der Waals surface area contributed by atoms with Crippen molar-refractivity contribution >= 4 is 17.3 Å². The van der Waals surface area contributed by atoms with Gasteiger partial charge in [-0.3, -0.25) is 9.80 Å². The molecule has 200 valence electrons. The van der Waals surface area contributed by atoms with Crippen molar-refractivity contribution in [1.82, 2.24) is 14.8 Å². The fraction of sp³-hybridized carbons (Fsp3) is 0.419. The molecular formula is C31H41N7. The van der Waals surface area contributed by atoms with Gasteiger partial charge in [0.2, 0.25) is 0 Å². The Morgan fingerprint density at radius 1 is 1.08 bits per heavy atom. The van der Waals surface area contributed by atoms with E-state index in [9.17, 15) is 0 Å². The summed E-state index contributed by atoms with van der Waals surface area (Å²) in [7, 11) is 2.18.